The molecule has 13 heavy (non-hydrogen) atoms. The standard InChI is InChI=1S/C9H9ClO3/c10-7-1-2-8-9(13-5-12-8)6(7)3-4-11/h1-2,11H,3-5H2. The monoisotopic (exact) mass is 200 g/mol. The van der Waals surface area contributed by atoms with Gasteiger partial charge in [0.15, 0.2) is 11.5 Å². The van der Waals surface area contributed by atoms with Crippen molar-refractivity contribution < 1.29 is 14.6 Å². The lowest BCUT2D eigenvalue weighted by Crippen LogP contribution is -1.96. The Morgan fingerprint density at radius 2 is 2.23 bits per heavy atom. The fourth-order valence-corrected chi connectivity index (χ4v) is 1.59. The molecule has 1 aromatic carbocycles. The van der Waals surface area contributed by atoms with E-state index in [0.29, 0.717) is 22.9 Å². The first kappa shape index (κ1) is 8.66. The molecule has 0 amide bonds. The summed E-state index contributed by atoms with van der Waals surface area (Å²) in [5.41, 5.74) is 0.819. The molecule has 3 nitrogen and oxygen atoms in total. The smallest absolute Gasteiger partial charge is 0.231 e. The molecule has 2 rings (SSSR count). The average molecular weight is 201 g/mol. The molecule has 70 valence electrons. The van der Waals surface area contributed by atoms with Gasteiger partial charge in [-0.1, -0.05) is 11.6 Å². The summed E-state index contributed by atoms with van der Waals surface area (Å²) in [6.45, 7) is 0.285. The molecule has 0 aliphatic carbocycles. The zero-order valence-corrected chi connectivity index (χ0v) is 7.67. The van der Waals surface area contributed by atoms with Crippen LogP contribution in [0.25, 0.3) is 0 Å². The van der Waals surface area contributed by atoms with Crippen LogP contribution in [0.4, 0.5) is 0 Å². The molecule has 1 N–H and O–H groups in total. The molecule has 0 unspecified atom stereocenters. The fraction of sp³-hybridized carbons (Fsp3) is 0.333. The predicted octanol–water partition coefficient (Wildman–Crippen LogP) is 1.60. The third-order valence-corrected chi connectivity index (χ3v) is 2.30. The van der Waals surface area contributed by atoms with Gasteiger partial charge in [0.2, 0.25) is 6.79 Å². The first-order valence-electron chi connectivity index (χ1n) is 4.01. The number of ether oxygens (including phenoxy) is 2. The van der Waals surface area contributed by atoms with Crippen LogP contribution in [0, 0.1) is 0 Å². The van der Waals surface area contributed by atoms with Crippen molar-refractivity contribution in [1.29, 1.82) is 0 Å². The maximum Gasteiger partial charge on any atom is 0.231 e. The summed E-state index contributed by atoms with van der Waals surface area (Å²) in [7, 11) is 0. The highest BCUT2D eigenvalue weighted by atomic mass is 35.5. The first-order valence-corrected chi connectivity index (χ1v) is 4.38. The van der Waals surface area contributed by atoms with Gasteiger partial charge in [0.1, 0.15) is 0 Å². The van der Waals surface area contributed by atoms with Gasteiger partial charge in [0, 0.05) is 23.6 Å². The van der Waals surface area contributed by atoms with E-state index in [1.165, 1.54) is 0 Å². The van der Waals surface area contributed by atoms with Crippen molar-refractivity contribution in [2.45, 2.75) is 6.42 Å². The molecular weight excluding hydrogens is 192 g/mol. The van der Waals surface area contributed by atoms with Crippen molar-refractivity contribution in [3.63, 3.8) is 0 Å². The third-order valence-electron chi connectivity index (χ3n) is 1.95. The third kappa shape index (κ3) is 1.45. The number of aliphatic hydroxyl groups excluding tert-OH is 1. The SMILES string of the molecule is OCCc1c(Cl)ccc2c1OCO2. The van der Waals surface area contributed by atoms with E-state index < -0.39 is 0 Å². The molecule has 1 aliphatic rings. The number of hydrogen-bond donors (Lipinski definition) is 1. The summed E-state index contributed by atoms with van der Waals surface area (Å²) in [6.07, 6.45) is 0.491. The zero-order valence-electron chi connectivity index (χ0n) is 6.92. The lowest BCUT2D eigenvalue weighted by atomic mass is 10.1. The van der Waals surface area contributed by atoms with Crippen LogP contribution in [0.1, 0.15) is 5.56 Å². The summed E-state index contributed by atoms with van der Waals surface area (Å²) >= 11 is 5.94. The van der Waals surface area contributed by atoms with Crippen molar-refractivity contribution >= 4 is 11.6 Å². The van der Waals surface area contributed by atoms with Gasteiger partial charge in [-0.25, -0.2) is 0 Å². The normalized spacial score (nSPS) is 13.4. The molecule has 0 radical (unpaired) electrons. The summed E-state index contributed by atoms with van der Waals surface area (Å²) in [4.78, 5) is 0. The van der Waals surface area contributed by atoms with Crippen LogP contribution in [0.3, 0.4) is 0 Å². The number of halogens is 1. The summed E-state index contributed by atoms with van der Waals surface area (Å²) in [5, 5.41) is 9.43. The van der Waals surface area contributed by atoms with Gasteiger partial charge in [-0.2, -0.15) is 0 Å². The summed E-state index contributed by atoms with van der Waals surface area (Å²) in [5.74, 6) is 1.37. The topological polar surface area (TPSA) is 38.7 Å². The van der Waals surface area contributed by atoms with Gasteiger partial charge in [-0.05, 0) is 12.1 Å². The van der Waals surface area contributed by atoms with E-state index in [0.717, 1.165) is 5.56 Å². The van der Waals surface area contributed by atoms with Gasteiger partial charge < -0.3 is 14.6 Å². The molecule has 0 fully saturated rings. The molecule has 0 saturated heterocycles. The first-order chi connectivity index (χ1) is 6.33. The lowest BCUT2D eigenvalue weighted by Gasteiger charge is -2.05. The second kappa shape index (κ2) is 3.44. The van der Waals surface area contributed by atoms with Crippen molar-refractivity contribution in [2.75, 3.05) is 13.4 Å². The van der Waals surface area contributed by atoms with Crippen LogP contribution in [-0.2, 0) is 6.42 Å². The Labute approximate surface area is 80.8 Å². The molecule has 0 aromatic heterocycles. The van der Waals surface area contributed by atoms with Crippen molar-refractivity contribution in [3.8, 4) is 11.5 Å². The molecule has 0 atom stereocenters. The Balaban J connectivity index is 2.45. The van der Waals surface area contributed by atoms with Crippen LogP contribution in [0.15, 0.2) is 12.1 Å². The van der Waals surface area contributed by atoms with E-state index in [-0.39, 0.29) is 13.4 Å². The van der Waals surface area contributed by atoms with E-state index in [4.69, 9.17) is 26.2 Å². The Morgan fingerprint density at radius 3 is 3.00 bits per heavy atom. The second-order valence-electron chi connectivity index (χ2n) is 2.73. The van der Waals surface area contributed by atoms with Crippen molar-refractivity contribution in [1.82, 2.24) is 0 Å². The Bertz CT molecular complexity index is 325. The van der Waals surface area contributed by atoms with Crippen LogP contribution in [0.2, 0.25) is 5.02 Å². The van der Waals surface area contributed by atoms with Gasteiger partial charge in [0.25, 0.3) is 0 Å². The van der Waals surface area contributed by atoms with Gasteiger partial charge in [-0.15, -0.1) is 0 Å². The number of fused-ring (bicyclic) bond motifs is 1. The summed E-state index contributed by atoms with van der Waals surface area (Å²) in [6, 6.07) is 3.52. The van der Waals surface area contributed by atoms with E-state index in [9.17, 15) is 0 Å². The van der Waals surface area contributed by atoms with Gasteiger partial charge in [0.05, 0.1) is 0 Å². The van der Waals surface area contributed by atoms with Gasteiger partial charge in [-0.3, -0.25) is 0 Å². The molecule has 1 aliphatic heterocycles. The van der Waals surface area contributed by atoms with Crippen LogP contribution < -0.4 is 9.47 Å². The maximum absolute atomic E-state index is 8.82. The predicted molar refractivity (Wildman–Crippen MR) is 48.4 cm³/mol. The van der Waals surface area contributed by atoms with E-state index >= 15 is 0 Å². The highest BCUT2D eigenvalue weighted by Crippen LogP contribution is 2.39. The molecular formula is C9H9ClO3. The average Bonchev–Trinajstić information content (AvgIpc) is 2.58. The number of rotatable bonds is 2. The second-order valence-corrected chi connectivity index (χ2v) is 3.14. The Hall–Kier alpha value is -0.930. The molecule has 1 heterocycles. The number of benzene rings is 1. The quantitative estimate of drug-likeness (QED) is 0.788. The fourth-order valence-electron chi connectivity index (χ4n) is 1.35. The summed E-state index contributed by atoms with van der Waals surface area (Å²) < 4.78 is 10.4. The molecule has 1 aromatic rings. The molecule has 4 heteroatoms. The minimum Gasteiger partial charge on any atom is -0.454 e. The lowest BCUT2D eigenvalue weighted by molar-refractivity contribution is 0.173. The number of aliphatic hydroxyl groups is 1. The van der Waals surface area contributed by atoms with E-state index in [1.807, 2.05) is 0 Å². The molecule has 0 bridgehead atoms. The van der Waals surface area contributed by atoms with E-state index in [2.05, 4.69) is 0 Å². The highest BCUT2D eigenvalue weighted by Gasteiger charge is 2.19. The van der Waals surface area contributed by atoms with Crippen molar-refractivity contribution in [2.24, 2.45) is 0 Å². The van der Waals surface area contributed by atoms with Crippen LogP contribution >= 0.6 is 11.6 Å². The van der Waals surface area contributed by atoms with Gasteiger partial charge >= 0.3 is 0 Å². The van der Waals surface area contributed by atoms with Crippen molar-refractivity contribution in [3.05, 3.63) is 22.7 Å². The maximum atomic E-state index is 8.82. The highest BCUT2D eigenvalue weighted by molar-refractivity contribution is 6.31. The van der Waals surface area contributed by atoms with E-state index in [1.54, 1.807) is 12.1 Å². The molecule has 0 spiro atoms. The van der Waals surface area contributed by atoms with Crippen LogP contribution in [-0.4, -0.2) is 18.5 Å². The zero-order chi connectivity index (χ0) is 9.26. The molecule has 0 saturated carbocycles. The number of hydrogen-bond acceptors (Lipinski definition) is 3. The minimum atomic E-state index is 0.0551. The largest absolute Gasteiger partial charge is 0.454 e. The van der Waals surface area contributed by atoms with Crippen LogP contribution in [0.5, 0.6) is 11.5 Å². The Kier molecular flexibility index (Phi) is 2.29. The Morgan fingerprint density at radius 1 is 1.38 bits per heavy atom. The minimum absolute atomic E-state index is 0.0551.